The van der Waals surface area contributed by atoms with E-state index in [1.54, 1.807) is 0 Å². The van der Waals surface area contributed by atoms with E-state index in [2.05, 4.69) is 43.4 Å². The van der Waals surface area contributed by atoms with Gasteiger partial charge in [-0.1, -0.05) is 31.2 Å². The minimum absolute atomic E-state index is 0.188. The Bertz CT molecular complexity index is 437. The van der Waals surface area contributed by atoms with Crippen LogP contribution in [0.4, 0.5) is 0 Å². The highest BCUT2D eigenvalue weighted by Crippen LogP contribution is 2.40. The number of ether oxygens (including phenoxy) is 1. The monoisotopic (exact) mass is 275 g/mol. The Morgan fingerprint density at radius 3 is 2.45 bits per heavy atom. The van der Waals surface area contributed by atoms with Gasteiger partial charge in [-0.05, 0) is 50.2 Å². The van der Waals surface area contributed by atoms with Gasteiger partial charge in [-0.25, -0.2) is 4.79 Å². The molecule has 0 radical (unpaired) electrons. The summed E-state index contributed by atoms with van der Waals surface area (Å²) in [4.78, 5) is 12.1. The SMILES string of the molecule is CCOC(=O)C(NC(C)CC)c1ccc(C2CC2)cc1. The molecule has 1 aromatic rings. The average Bonchev–Trinajstić information content (AvgIpc) is 3.29. The molecular formula is C17H25NO2. The second-order valence-electron chi connectivity index (χ2n) is 5.60. The number of rotatable bonds is 7. The van der Waals surface area contributed by atoms with E-state index < -0.39 is 0 Å². The predicted molar refractivity (Wildman–Crippen MR) is 80.7 cm³/mol. The van der Waals surface area contributed by atoms with E-state index in [-0.39, 0.29) is 18.1 Å². The van der Waals surface area contributed by atoms with Crippen molar-refractivity contribution in [3.63, 3.8) is 0 Å². The molecule has 0 spiro atoms. The third kappa shape index (κ3) is 3.83. The third-order valence-corrected chi connectivity index (χ3v) is 3.90. The highest BCUT2D eigenvalue weighted by molar-refractivity contribution is 5.77. The lowest BCUT2D eigenvalue weighted by Crippen LogP contribution is -2.36. The molecule has 3 heteroatoms. The van der Waals surface area contributed by atoms with Crippen LogP contribution in [-0.4, -0.2) is 18.6 Å². The fourth-order valence-corrected chi connectivity index (χ4v) is 2.31. The second-order valence-corrected chi connectivity index (χ2v) is 5.60. The van der Waals surface area contributed by atoms with Crippen LogP contribution in [0, 0.1) is 0 Å². The predicted octanol–water partition coefficient (Wildman–Crippen LogP) is 3.56. The van der Waals surface area contributed by atoms with Crippen LogP contribution < -0.4 is 5.32 Å². The lowest BCUT2D eigenvalue weighted by Gasteiger charge is -2.21. The highest BCUT2D eigenvalue weighted by atomic mass is 16.5. The molecule has 2 rings (SSSR count). The fourth-order valence-electron chi connectivity index (χ4n) is 2.31. The first-order chi connectivity index (χ1) is 9.65. The summed E-state index contributed by atoms with van der Waals surface area (Å²) in [7, 11) is 0. The van der Waals surface area contributed by atoms with E-state index in [4.69, 9.17) is 4.74 Å². The zero-order chi connectivity index (χ0) is 14.5. The van der Waals surface area contributed by atoms with E-state index in [0.29, 0.717) is 6.61 Å². The Kier molecular flexibility index (Phi) is 5.18. The molecule has 1 aliphatic rings. The highest BCUT2D eigenvalue weighted by Gasteiger charge is 2.26. The van der Waals surface area contributed by atoms with Gasteiger partial charge in [0.05, 0.1) is 6.61 Å². The van der Waals surface area contributed by atoms with Gasteiger partial charge in [0.2, 0.25) is 0 Å². The maximum absolute atomic E-state index is 12.1. The molecule has 1 N–H and O–H groups in total. The second kappa shape index (κ2) is 6.89. The summed E-state index contributed by atoms with van der Waals surface area (Å²) in [5, 5.41) is 3.36. The van der Waals surface area contributed by atoms with Crippen LogP contribution in [0.15, 0.2) is 24.3 Å². The molecule has 110 valence electrons. The van der Waals surface area contributed by atoms with Crippen molar-refractivity contribution in [1.82, 2.24) is 5.32 Å². The Morgan fingerprint density at radius 2 is 1.95 bits per heavy atom. The largest absolute Gasteiger partial charge is 0.465 e. The summed E-state index contributed by atoms with van der Waals surface area (Å²) in [6.45, 7) is 6.45. The summed E-state index contributed by atoms with van der Waals surface area (Å²) in [6.07, 6.45) is 3.58. The van der Waals surface area contributed by atoms with Crippen molar-refractivity contribution in [3.8, 4) is 0 Å². The smallest absolute Gasteiger partial charge is 0.327 e. The van der Waals surface area contributed by atoms with Crippen molar-refractivity contribution in [3.05, 3.63) is 35.4 Å². The lowest BCUT2D eigenvalue weighted by molar-refractivity contribution is -0.146. The Labute approximate surface area is 121 Å². The molecule has 0 bridgehead atoms. The molecule has 0 amide bonds. The van der Waals surface area contributed by atoms with Crippen LogP contribution in [0.5, 0.6) is 0 Å². The Morgan fingerprint density at radius 1 is 1.30 bits per heavy atom. The summed E-state index contributed by atoms with van der Waals surface area (Å²) < 4.78 is 5.19. The maximum Gasteiger partial charge on any atom is 0.327 e. The summed E-state index contributed by atoms with van der Waals surface area (Å²) >= 11 is 0. The Balaban J connectivity index is 2.13. The Hall–Kier alpha value is -1.35. The van der Waals surface area contributed by atoms with Gasteiger partial charge < -0.3 is 4.74 Å². The first-order valence-electron chi connectivity index (χ1n) is 7.68. The number of carbonyl (C=O) groups excluding carboxylic acids is 1. The van der Waals surface area contributed by atoms with Crippen molar-refractivity contribution in [2.45, 2.75) is 58.0 Å². The molecule has 2 atom stereocenters. The normalized spacial score (nSPS) is 17.6. The van der Waals surface area contributed by atoms with E-state index in [0.717, 1.165) is 17.9 Å². The molecule has 3 nitrogen and oxygen atoms in total. The standard InChI is InChI=1S/C17H25NO2/c1-4-12(3)18-16(17(19)20-5-2)15-10-8-14(9-11-15)13-6-7-13/h8-13,16,18H,4-7H2,1-3H3. The van der Waals surface area contributed by atoms with E-state index in [1.807, 2.05) is 6.92 Å². The number of hydrogen-bond donors (Lipinski definition) is 1. The van der Waals surface area contributed by atoms with Crippen molar-refractivity contribution in [2.24, 2.45) is 0 Å². The van der Waals surface area contributed by atoms with E-state index in [9.17, 15) is 4.79 Å². The minimum Gasteiger partial charge on any atom is -0.465 e. The third-order valence-electron chi connectivity index (χ3n) is 3.90. The van der Waals surface area contributed by atoms with Gasteiger partial charge in [-0.2, -0.15) is 0 Å². The molecule has 0 saturated heterocycles. The molecule has 0 aromatic heterocycles. The number of nitrogens with one attached hydrogen (secondary N) is 1. The molecular weight excluding hydrogens is 250 g/mol. The molecule has 20 heavy (non-hydrogen) atoms. The summed E-state index contributed by atoms with van der Waals surface area (Å²) in [5.74, 6) is 0.555. The van der Waals surface area contributed by atoms with Crippen LogP contribution in [0.25, 0.3) is 0 Å². The van der Waals surface area contributed by atoms with Crippen molar-refractivity contribution in [2.75, 3.05) is 6.61 Å². The fraction of sp³-hybridized carbons (Fsp3) is 0.588. The zero-order valence-electron chi connectivity index (χ0n) is 12.7. The molecule has 2 unspecified atom stereocenters. The zero-order valence-corrected chi connectivity index (χ0v) is 12.7. The number of hydrogen-bond acceptors (Lipinski definition) is 3. The van der Waals surface area contributed by atoms with E-state index >= 15 is 0 Å². The first-order valence-corrected chi connectivity index (χ1v) is 7.68. The van der Waals surface area contributed by atoms with E-state index in [1.165, 1.54) is 18.4 Å². The molecule has 1 aliphatic carbocycles. The van der Waals surface area contributed by atoms with Gasteiger partial charge in [-0.15, -0.1) is 0 Å². The van der Waals surface area contributed by atoms with Crippen molar-refractivity contribution in [1.29, 1.82) is 0 Å². The van der Waals surface area contributed by atoms with Crippen LogP contribution >= 0.6 is 0 Å². The van der Waals surface area contributed by atoms with Gasteiger partial charge in [0, 0.05) is 6.04 Å². The number of carbonyl (C=O) groups is 1. The van der Waals surface area contributed by atoms with Gasteiger partial charge >= 0.3 is 5.97 Å². The molecule has 0 aliphatic heterocycles. The van der Waals surface area contributed by atoms with Crippen LogP contribution in [0.2, 0.25) is 0 Å². The summed E-state index contributed by atoms with van der Waals surface area (Å²) in [6, 6.07) is 8.34. The number of esters is 1. The molecule has 1 aromatic carbocycles. The van der Waals surface area contributed by atoms with Crippen LogP contribution in [0.3, 0.4) is 0 Å². The first kappa shape index (κ1) is 15.0. The van der Waals surface area contributed by atoms with Gasteiger partial charge in [0.15, 0.2) is 0 Å². The van der Waals surface area contributed by atoms with Gasteiger partial charge in [0.25, 0.3) is 0 Å². The maximum atomic E-state index is 12.1. The number of benzene rings is 1. The van der Waals surface area contributed by atoms with Gasteiger partial charge in [0.1, 0.15) is 6.04 Å². The van der Waals surface area contributed by atoms with Gasteiger partial charge in [-0.3, -0.25) is 5.32 Å². The quantitative estimate of drug-likeness (QED) is 0.773. The summed E-state index contributed by atoms with van der Waals surface area (Å²) in [5.41, 5.74) is 2.38. The van der Waals surface area contributed by atoms with Crippen LogP contribution in [0.1, 0.15) is 63.1 Å². The average molecular weight is 275 g/mol. The topological polar surface area (TPSA) is 38.3 Å². The molecule has 1 saturated carbocycles. The van der Waals surface area contributed by atoms with Crippen LogP contribution in [-0.2, 0) is 9.53 Å². The van der Waals surface area contributed by atoms with Crippen molar-refractivity contribution >= 4 is 5.97 Å². The lowest BCUT2D eigenvalue weighted by atomic mass is 10.0. The van der Waals surface area contributed by atoms with Crippen molar-refractivity contribution < 1.29 is 9.53 Å². The minimum atomic E-state index is -0.363. The molecule has 1 fully saturated rings. The molecule has 0 heterocycles.